The number of hydrogen-bond donors (Lipinski definition) is 0. The van der Waals surface area contributed by atoms with Crippen molar-refractivity contribution in [3.05, 3.63) is 58.7 Å². The molecule has 3 aromatic rings. The summed E-state index contributed by atoms with van der Waals surface area (Å²) in [5, 5.41) is 5.98. The van der Waals surface area contributed by atoms with E-state index in [1.165, 1.54) is 15.6 Å². The molecule has 0 unspecified atom stereocenters. The van der Waals surface area contributed by atoms with Gasteiger partial charge in [0, 0.05) is 30.6 Å². The summed E-state index contributed by atoms with van der Waals surface area (Å²) < 4.78 is 33.3. The molecule has 24 heavy (non-hydrogen) atoms. The zero-order chi connectivity index (χ0) is 16.7. The van der Waals surface area contributed by atoms with Gasteiger partial charge in [0.2, 0.25) is 0 Å². The minimum atomic E-state index is -3.49. The second kappa shape index (κ2) is 5.84. The lowest BCUT2D eigenvalue weighted by atomic mass is 10.0. The topological polar surface area (TPSA) is 63.4 Å². The Morgan fingerprint density at radius 1 is 1.21 bits per heavy atom. The van der Waals surface area contributed by atoms with Crippen LogP contribution in [0.4, 0.5) is 0 Å². The van der Waals surface area contributed by atoms with Gasteiger partial charge in [-0.2, -0.15) is 4.31 Å². The highest BCUT2D eigenvalue weighted by Crippen LogP contribution is 2.33. The van der Waals surface area contributed by atoms with Gasteiger partial charge in [-0.05, 0) is 23.9 Å². The van der Waals surface area contributed by atoms with Crippen molar-refractivity contribution >= 4 is 21.4 Å². The molecule has 5 nitrogen and oxygen atoms in total. The minimum Gasteiger partial charge on any atom is -0.360 e. The van der Waals surface area contributed by atoms with Crippen LogP contribution in [-0.4, -0.2) is 24.4 Å². The molecule has 4 rings (SSSR count). The highest BCUT2D eigenvalue weighted by molar-refractivity contribution is 7.91. The number of rotatable bonds is 3. The average Bonchev–Trinajstić information content (AvgIpc) is 3.21. The van der Waals surface area contributed by atoms with Crippen molar-refractivity contribution in [2.24, 2.45) is 0 Å². The van der Waals surface area contributed by atoms with Crippen molar-refractivity contribution in [3.8, 4) is 11.3 Å². The van der Waals surface area contributed by atoms with Gasteiger partial charge >= 0.3 is 0 Å². The van der Waals surface area contributed by atoms with E-state index in [1.54, 1.807) is 0 Å². The molecule has 0 radical (unpaired) electrons. The van der Waals surface area contributed by atoms with Crippen molar-refractivity contribution in [2.45, 2.75) is 24.1 Å². The van der Waals surface area contributed by atoms with E-state index in [-0.39, 0.29) is 0 Å². The van der Waals surface area contributed by atoms with E-state index in [9.17, 15) is 8.42 Å². The van der Waals surface area contributed by atoms with Crippen LogP contribution >= 0.6 is 11.3 Å². The molecule has 3 heterocycles. The molecule has 0 saturated carbocycles. The molecule has 2 aromatic heterocycles. The zero-order valence-corrected chi connectivity index (χ0v) is 14.7. The number of fused-ring (bicyclic) bond motifs is 1. The summed E-state index contributed by atoms with van der Waals surface area (Å²) in [5.74, 6) is 0.781. The van der Waals surface area contributed by atoms with Gasteiger partial charge in [-0.1, -0.05) is 35.5 Å². The van der Waals surface area contributed by atoms with Crippen LogP contribution in [0.1, 0.15) is 16.9 Å². The summed E-state index contributed by atoms with van der Waals surface area (Å²) in [4.78, 5) is 0. The van der Waals surface area contributed by atoms with Crippen molar-refractivity contribution in [1.29, 1.82) is 0 Å². The van der Waals surface area contributed by atoms with Crippen LogP contribution in [0.5, 0.6) is 0 Å². The number of thiophene rings is 1. The zero-order valence-electron chi connectivity index (χ0n) is 13.1. The van der Waals surface area contributed by atoms with E-state index in [0.717, 1.165) is 28.1 Å². The summed E-state index contributed by atoms with van der Waals surface area (Å²) >= 11 is 1.27. The summed E-state index contributed by atoms with van der Waals surface area (Å²) in [6.45, 7) is 2.53. The highest BCUT2D eigenvalue weighted by atomic mass is 32.2. The Morgan fingerprint density at radius 2 is 2.00 bits per heavy atom. The summed E-state index contributed by atoms with van der Waals surface area (Å²) in [6.07, 6.45) is 0.540. The maximum Gasteiger partial charge on any atom is 0.253 e. The fourth-order valence-electron chi connectivity index (χ4n) is 2.95. The predicted molar refractivity (Wildman–Crippen MR) is 92.3 cm³/mol. The second-order valence-corrected chi connectivity index (χ2v) is 8.83. The minimum absolute atomic E-state index is 0.294. The summed E-state index contributed by atoms with van der Waals surface area (Å²) in [7, 11) is -3.49. The van der Waals surface area contributed by atoms with Crippen molar-refractivity contribution in [2.75, 3.05) is 6.54 Å². The molecule has 1 aliphatic rings. The first-order chi connectivity index (χ1) is 11.6. The molecule has 0 aliphatic carbocycles. The van der Waals surface area contributed by atoms with E-state index in [0.29, 0.717) is 23.7 Å². The van der Waals surface area contributed by atoms with Gasteiger partial charge in [0.1, 0.15) is 15.7 Å². The normalized spacial score (nSPS) is 15.4. The second-order valence-electron chi connectivity index (χ2n) is 5.78. The first-order valence-electron chi connectivity index (χ1n) is 7.64. The number of aryl methyl sites for hydroxylation is 1. The Kier molecular flexibility index (Phi) is 3.79. The van der Waals surface area contributed by atoms with Gasteiger partial charge in [-0.25, -0.2) is 8.42 Å². The SMILES string of the molecule is Cc1ccsc1S(=O)(=O)N1CCc2onc(-c3ccccc3)c2C1. The van der Waals surface area contributed by atoms with Gasteiger partial charge in [0.25, 0.3) is 10.0 Å². The Balaban J connectivity index is 1.72. The lowest BCUT2D eigenvalue weighted by molar-refractivity contribution is 0.332. The van der Waals surface area contributed by atoms with Gasteiger partial charge < -0.3 is 4.52 Å². The smallest absolute Gasteiger partial charge is 0.253 e. The third kappa shape index (κ3) is 2.49. The fraction of sp³-hybridized carbons (Fsp3) is 0.235. The summed E-state index contributed by atoms with van der Waals surface area (Å²) in [6, 6.07) is 11.5. The van der Waals surface area contributed by atoms with Crippen LogP contribution in [0.2, 0.25) is 0 Å². The van der Waals surface area contributed by atoms with Crippen molar-refractivity contribution in [1.82, 2.24) is 9.46 Å². The van der Waals surface area contributed by atoms with E-state index in [2.05, 4.69) is 5.16 Å². The third-order valence-corrected chi connectivity index (χ3v) is 7.74. The number of benzene rings is 1. The first kappa shape index (κ1) is 15.6. The van der Waals surface area contributed by atoms with E-state index >= 15 is 0 Å². The van der Waals surface area contributed by atoms with Crippen LogP contribution in [0.15, 0.2) is 50.5 Å². The average molecular weight is 360 g/mol. The third-order valence-electron chi connectivity index (χ3n) is 4.23. The molecule has 0 N–H and O–H groups in total. The molecule has 124 valence electrons. The van der Waals surface area contributed by atoms with E-state index in [4.69, 9.17) is 4.52 Å². The van der Waals surface area contributed by atoms with Gasteiger partial charge in [0.05, 0.1) is 0 Å². The van der Waals surface area contributed by atoms with E-state index < -0.39 is 10.0 Å². The predicted octanol–water partition coefficient (Wildman–Crippen LogP) is 3.46. The van der Waals surface area contributed by atoms with Crippen LogP contribution < -0.4 is 0 Å². The van der Waals surface area contributed by atoms with Gasteiger partial charge in [-0.15, -0.1) is 11.3 Å². The van der Waals surface area contributed by atoms with Crippen LogP contribution in [-0.2, 0) is 23.0 Å². The monoisotopic (exact) mass is 360 g/mol. The molecule has 0 fully saturated rings. The first-order valence-corrected chi connectivity index (χ1v) is 9.96. The Labute approximate surface area is 144 Å². The Bertz CT molecular complexity index is 974. The highest BCUT2D eigenvalue weighted by Gasteiger charge is 2.33. The standard InChI is InChI=1S/C17H16N2O3S2/c1-12-8-10-23-17(12)24(20,21)19-9-7-15-14(11-19)16(18-22-15)13-5-3-2-4-6-13/h2-6,8,10H,7,9,11H2,1H3. The maximum absolute atomic E-state index is 12.9. The van der Waals surface area contributed by atoms with Crippen LogP contribution in [0.25, 0.3) is 11.3 Å². The maximum atomic E-state index is 12.9. The van der Waals surface area contributed by atoms with Gasteiger partial charge in [-0.3, -0.25) is 0 Å². The summed E-state index contributed by atoms with van der Waals surface area (Å²) in [5.41, 5.74) is 3.33. The van der Waals surface area contributed by atoms with Crippen molar-refractivity contribution in [3.63, 3.8) is 0 Å². The Hall–Kier alpha value is -1.96. The number of hydrogen-bond acceptors (Lipinski definition) is 5. The number of sulfonamides is 1. The quantitative estimate of drug-likeness (QED) is 0.717. The molecule has 1 aromatic carbocycles. The lowest BCUT2D eigenvalue weighted by Gasteiger charge is -2.25. The van der Waals surface area contributed by atoms with E-state index in [1.807, 2.05) is 48.7 Å². The van der Waals surface area contributed by atoms with Crippen molar-refractivity contribution < 1.29 is 12.9 Å². The molecule has 0 saturated heterocycles. The van der Waals surface area contributed by atoms with Crippen LogP contribution in [0.3, 0.4) is 0 Å². The number of aromatic nitrogens is 1. The van der Waals surface area contributed by atoms with Crippen LogP contribution in [0, 0.1) is 6.92 Å². The molecular weight excluding hydrogens is 344 g/mol. The molecule has 0 amide bonds. The molecule has 0 bridgehead atoms. The molecule has 0 atom stereocenters. The fourth-order valence-corrected chi connectivity index (χ4v) is 5.91. The Morgan fingerprint density at radius 3 is 2.71 bits per heavy atom. The number of nitrogens with zero attached hydrogens (tertiary/aromatic N) is 2. The molecular formula is C17H16N2O3S2. The molecule has 0 spiro atoms. The largest absolute Gasteiger partial charge is 0.360 e. The molecule has 7 heteroatoms. The molecule has 1 aliphatic heterocycles. The lowest BCUT2D eigenvalue weighted by Crippen LogP contribution is -2.35. The van der Waals surface area contributed by atoms with Gasteiger partial charge in [0.15, 0.2) is 0 Å².